The van der Waals surface area contributed by atoms with Crippen LogP contribution in [0, 0.1) is 0 Å². The zero-order valence-electron chi connectivity index (χ0n) is 12.5. The number of hydrogen-bond donors (Lipinski definition) is 1. The number of likely N-dealkylation sites (N-methyl/N-ethyl adjacent to an activating group) is 1. The van der Waals surface area contributed by atoms with Crippen molar-refractivity contribution in [2.75, 3.05) is 31.6 Å². The Bertz CT molecular complexity index is 462. The highest BCUT2D eigenvalue weighted by molar-refractivity contribution is 7.15. The van der Waals surface area contributed by atoms with Gasteiger partial charge in [0.1, 0.15) is 0 Å². The van der Waals surface area contributed by atoms with Crippen molar-refractivity contribution in [2.45, 2.75) is 51.2 Å². The van der Waals surface area contributed by atoms with Crippen LogP contribution in [-0.2, 0) is 6.42 Å². The first-order valence-corrected chi connectivity index (χ1v) is 8.63. The molecular formula is C15H25N3OS. The largest absolute Gasteiger partial charge is 0.388 e. The van der Waals surface area contributed by atoms with Gasteiger partial charge in [0, 0.05) is 19.1 Å². The van der Waals surface area contributed by atoms with Crippen LogP contribution >= 0.6 is 11.3 Å². The first kappa shape index (κ1) is 14.3. The molecule has 1 aliphatic heterocycles. The van der Waals surface area contributed by atoms with Crippen LogP contribution in [0.15, 0.2) is 0 Å². The Kier molecular flexibility index (Phi) is 4.29. The Morgan fingerprint density at radius 2 is 2.20 bits per heavy atom. The van der Waals surface area contributed by atoms with Gasteiger partial charge < -0.3 is 14.9 Å². The fourth-order valence-electron chi connectivity index (χ4n) is 3.35. The molecule has 0 aromatic carbocycles. The number of aliphatic hydroxyl groups excluding tert-OH is 1. The van der Waals surface area contributed by atoms with Gasteiger partial charge in [0.15, 0.2) is 5.13 Å². The number of aromatic nitrogens is 1. The van der Waals surface area contributed by atoms with E-state index in [0.717, 1.165) is 54.5 Å². The van der Waals surface area contributed by atoms with Crippen molar-refractivity contribution >= 4 is 16.5 Å². The summed E-state index contributed by atoms with van der Waals surface area (Å²) in [5.74, 6) is 0. The summed E-state index contributed by atoms with van der Waals surface area (Å²) >= 11 is 1.73. The Labute approximate surface area is 125 Å². The van der Waals surface area contributed by atoms with Gasteiger partial charge in [-0.15, -0.1) is 0 Å². The highest BCUT2D eigenvalue weighted by Crippen LogP contribution is 2.38. The molecule has 3 rings (SSSR count). The fourth-order valence-corrected chi connectivity index (χ4v) is 4.58. The molecule has 1 aliphatic carbocycles. The van der Waals surface area contributed by atoms with E-state index < -0.39 is 0 Å². The highest BCUT2D eigenvalue weighted by atomic mass is 32.1. The Morgan fingerprint density at radius 3 is 2.95 bits per heavy atom. The second-order valence-corrected chi connectivity index (χ2v) is 7.10. The number of nitrogens with zero attached hydrogens (tertiary/aromatic N) is 3. The lowest BCUT2D eigenvalue weighted by atomic mass is 10.0. The first-order valence-electron chi connectivity index (χ1n) is 7.82. The number of anilines is 1. The van der Waals surface area contributed by atoms with E-state index in [4.69, 9.17) is 4.98 Å². The van der Waals surface area contributed by atoms with E-state index in [0.29, 0.717) is 6.04 Å². The van der Waals surface area contributed by atoms with Gasteiger partial charge in [-0.25, -0.2) is 4.98 Å². The maximum absolute atomic E-state index is 10.1. The molecule has 2 aliphatic rings. The van der Waals surface area contributed by atoms with Crippen LogP contribution in [-0.4, -0.2) is 47.7 Å². The van der Waals surface area contributed by atoms with Gasteiger partial charge in [-0.3, -0.25) is 0 Å². The smallest absolute Gasteiger partial charge is 0.186 e. The summed E-state index contributed by atoms with van der Waals surface area (Å²) in [6, 6.07) is 0.548. The summed E-state index contributed by atoms with van der Waals surface area (Å²) in [6.45, 7) is 5.63. The number of thiazole rings is 1. The number of fused-ring (bicyclic) bond motifs is 1. The van der Waals surface area contributed by atoms with Gasteiger partial charge in [-0.1, -0.05) is 18.3 Å². The van der Waals surface area contributed by atoms with Crippen LogP contribution in [0.25, 0.3) is 0 Å². The maximum atomic E-state index is 10.1. The normalized spacial score (nSPS) is 28.2. The second kappa shape index (κ2) is 6.00. The van der Waals surface area contributed by atoms with E-state index in [1.807, 2.05) is 0 Å². The SMILES string of the molecule is CCC1CN(C)CCCN1c1nc2c(s1)C(O)CCC2. The van der Waals surface area contributed by atoms with Crippen LogP contribution < -0.4 is 4.90 Å². The van der Waals surface area contributed by atoms with Gasteiger partial charge >= 0.3 is 0 Å². The average molecular weight is 295 g/mol. The molecule has 2 unspecified atom stereocenters. The van der Waals surface area contributed by atoms with Crippen molar-refractivity contribution in [2.24, 2.45) is 0 Å². The van der Waals surface area contributed by atoms with Gasteiger partial charge in [-0.05, 0) is 45.7 Å². The lowest BCUT2D eigenvalue weighted by molar-refractivity contribution is 0.160. The minimum Gasteiger partial charge on any atom is -0.388 e. The molecule has 0 amide bonds. The van der Waals surface area contributed by atoms with Crippen molar-refractivity contribution in [3.05, 3.63) is 10.6 Å². The van der Waals surface area contributed by atoms with Crippen LogP contribution in [0.2, 0.25) is 0 Å². The lowest BCUT2D eigenvalue weighted by Gasteiger charge is -2.29. The molecule has 1 fully saturated rings. The summed E-state index contributed by atoms with van der Waals surface area (Å²) in [7, 11) is 2.21. The molecule has 1 saturated heterocycles. The topological polar surface area (TPSA) is 39.6 Å². The molecule has 1 N–H and O–H groups in total. The van der Waals surface area contributed by atoms with E-state index in [1.54, 1.807) is 11.3 Å². The average Bonchev–Trinajstić information content (AvgIpc) is 2.77. The zero-order chi connectivity index (χ0) is 14.1. The molecule has 0 saturated carbocycles. The molecule has 1 aromatic rings. The van der Waals surface area contributed by atoms with E-state index in [-0.39, 0.29) is 6.10 Å². The Balaban J connectivity index is 1.87. The molecule has 112 valence electrons. The molecule has 0 bridgehead atoms. The van der Waals surface area contributed by atoms with E-state index >= 15 is 0 Å². The van der Waals surface area contributed by atoms with Gasteiger partial charge in [0.05, 0.1) is 16.7 Å². The van der Waals surface area contributed by atoms with Gasteiger partial charge in [0.25, 0.3) is 0 Å². The molecule has 4 nitrogen and oxygen atoms in total. The molecule has 5 heteroatoms. The van der Waals surface area contributed by atoms with Crippen LogP contribution in [0.5, 0.6) is 0 Å². The number of aryl methyl sites for hydroxylation is 1. The number of hydrogen-bond acceptors (Lipinski definition) is 5. The van der Waals surface area contributed by atoms with Crippen LogP contribution in [0.3, 0.4) is 0 Å². The molecule has 20 heavy (non-hydrogen) atoms. The summed E-state index contributed by atoms with van der Waals surface area (Å²) in [6.07, 6.45) is 5.07. The third-order valence-electron chi connectivity index (χ3n) is 4.53. The molecule has 2 heterocycles. The quantitative estimate of drug-likeness (QED) is 0.909. The summed E-state index contributed by atoms with van der Waals surface area (Å²) in [4.78, 5) is 10.9. The Hall–Kier alpha value is -0.650. The summed E-state index contributed by atoms with van der Waals surface area (Å²) in [5, 5.41) is 11.3. The predicted molar refractivity (Wildman–Crippen MR) is 83.6 cm³/mol. The van der Waals surface area contributed by atoms with Crippen LogP contribution in [0.4, 0.5) is 5.13 Å². The van der Waals surface area contributed by atoms with Crippen molar-refractivity contribution in [3.63, 3.8) is 0 Å². The molecule has 2 atom stereocenters. The maximum Gasteiger partial charge on any atom is 0.186 e. The van der Waals surface area contributed by atoms with E-state index in [9.17, 15) is 5.11 Å². The molecule has 0 spiro atoms. The second-order valence-electron chi connectivity index (χ2n) is 6.09. The molecular weight excluding hydrogens is 270 g/mol. The predicted octanol–water partition coefficient (Wildman–Crippen LogP) is 2.43. The molecule has 0 radical (unpaired) electrons. The minimum atomic E-state index is -0.278. The number of aliphatic hydroxyl groups is 1. The van der Waals surface area contributed by atoms with Crippen molar-refractivity contribution < 1.29 is 5.11 Å². The van der Waals surface area contributed by atoms with Crippen molar-refractivity contribution in [1.82, 2.24) is 9.88 Å². The summed E-state index contributed by atoms with van der Waals surface area (Å²) in [5.41, 5.74) is 1.15. The Morgan fingerprint density at radius 1 is 1.35 bits per heavy atom. The zero-order valence-corrected chi connectivity index (χ0v) is 13.3. The monoisotopic (exact) mass is 295 g/mol. The van der Waals surface area contributed by atoms with E-state index in [1.165, 1.54) is 13.0 Å². The van der Waals surface area contributed by atoms with Crippen molar-refractivity contribution in [1.29, 1.82) is 0 Å². The third-order valence-corrected chi connectivity index (χ3v) is 5.77. The first-order chi connectivity index (χ1) is 9.69. The fraction of sp³-hybridized carbons (Fsp3) is 0.800. The minimum absolute atomic E-state index is 0.278. The number of rotatable bonds is 2. The van der Waals surface area contributed by atoms with Crippen molar-refractivity contribution in [3.8, 4) is 0 Å². The highest BCUT2D eigenvalue weighted by Gasteiger charge is 2.28. The van der Waals surface area contributed by atoms with Gasteiger partial charge in [-0.2, -0.15) is 0 Å². The van der Waals surface area contributed by atoms with E-state index in [2.05, 4.69) is 23.8 Å². The standard InChI is InChI=1S/C15H25N3OS/c1-3-11-10-17(2)8-5-9-18(11)15-16-12-6-4-7-13(19)14(12)20-15/h11,13,19H,3-10H2,1-2H3. The molecule has 1 aromatic heterocycles. The summed E-state index contributed by atoms with van der Waals surface area (Å²) < 4.78 is 0. The van der Waals surface area contributed by atoms with Crippen LogP contribution in [0.1, 0.15) is 49.3 Å². The third kappa shape index (κ3) is 2.71. The van der Waals surface area contributed by atoms with Gasteiger partial charge in [0.2, 0.25) is 0 Å². The lowest BCUT2D eigenvalue weighted by Crippen LogP contribution is -2.39.